The van der Waals surface area contributed by atoms with Crippen molar-refractivity contribution in [3.05, 3.63) is 24.2 Å². The molecule has 18 heavy (non-hydrogen) atoms. The summed E-state index contributed by atoms with van der Waals surface area (Å²) >= 11 is 0. The smallest absolute Gasteiger partial charge is 0.103 e. The summed E-state index contributed by atoms with van der Waals surface area (Å²) in [4.78, 5) is 0. The maximum absolute atomic E-state index is 10.1. The first-order chi connectivity index (χ1) is 8.75. The van der Waals surface area contributed by atoms with E-state index in [2.05, 4.69) is 12.2 Å². The topological polar surface area (TPSA) is 45.4 Å². The number of nitrogens with one attached hydrogen (secondary N) is 1. The fourth-order valence-electron chi connectivity index (χ4n) is 2.74. The Morgan fingerprint density at radius 1 is 1.39 bits per heavy atom. The second kappa shape index (κ2) is 6.95. The summed E-state index contributed by atoms with van der Waals surface area (Å²) in [6.45, 7) is 2.19. The van der Waals surface area contributed by atoms with Gasteiger partial charge in [0.2, 0.25) is 0 Å². The van der Waals surface area contributed by atoms with Gasteiger partial charge < -0.3 is 14.8 Å². The Morgan fingerprint density at radius 3 is 3.00 bits per heavy atom. The lowest BCUT2D eigenvalue weighted by molar-refractivity contribution is 0.114. The Hall–Kier alpha value is -0.800. The Morgan fingerprint density at radius 2 is 2.22 bits per heavy atom. The molecule has 0 amide bonds. The van der Waals surface area contributed by atoms with E-state index in [1.165, 1.54) is 19.3 Å². The number of rotatable bonds is 5. The van der Waals surface area contributed by atoms with Gasteiger partial charge in [-0.1, -0.05) is 19.3 Å². The van der Waals surface area contributed by atoms with Crippen molar-refractivity contribution < 1.29 is 9.52 Å². The number of hydrogen-bond donors (Lipinski definition) is 2. The molecule has 1 fully saturated rings. The highest BCUT2D eigenvalue weighted by Crippen LogP contribution is 2.19. The van der Waals surface area contributed by atoms with Gasteiger partial charge >= 0.3 is 0 Å². The predicted molar refractivity (Wildman–Crippen MR) is 72.5 cm³/mol. The van der Waals surface area contributed by atoms with Crippen LogP contribution in [0.2, 0.25) is 0 Å². The molecule has 0 aromatic carbocycles. The average Bonchev–Trinajstić information content (AvgIpc) is 2.80. The molecule has 0 bridgehead atoms. The molecule has 102 valence electrons. The van der Waals surface area contributed by atoms with Gasteiger partial charge in [0.25, 0.3) is 0 Å². The van der Waals surface area contributed by atoms with Crippen molar-refractivity contribution in [1.29, 1.82) is 0 Å². The van der Waals surface area contributed by atoms with Crippen molar-refractivity contribution in [1.82, 2.24) is 5.32 Å². The van der Waals surface area contributed by atoms with Crippen molar-refractivity contribution >= 4 is 0 Å². The van der Waals surface area contributed by atoms with Crippen LogP contribution in [0.5, 0.6) is 0 Å². The van der Waals surface area contributed by atoms with Gasteiger partial charge in [-0.3, -0.25) is 0 Å². The minimum absolute atomic E-state index is 0.168. The number of hydrogen-bond acceptors (Lipinski definition) is 3. The Kier molecular flexibility index (Phi) is 5.26. The van der Waals surface area contributed by atoms with Gasteiger partial charge in [0.15, 0.2) is 0 Å². The summed E-state index contributed by atoms with van der Waals surface area (Å²) in [6.07, 6.45) is 9.28. The fraction of sp³-hybridized carbons (Fsp3) is 0.733. The van der Waals surface area contributed by atoms with Crippen LogP contribution >= 0.6 is 0 Å². The average molecular weight is 251 g/mol. The SMILES string of the molecule is CC(CCc1ccco1)NC1CCCCCC1O. The lowest BCUT2D eigenvalue weighted by atomic mass is 10.0. The van der Waals surface area contributed by atoms with Crippen LogP contribution in [0.3, 0.4) is 0 Å². The van der Waals surface area contributed by atoms with Crippen molar-refractivity contribution in [3.63, 3.8) is 0 Å². The van der Waals surface area contributed by atoms with Gasteiger partial charge in [0.1, 0.15) is 5.76 Å². The van der Waals surface area contributed by atoms with E-state index in [4.69, 9.17) is 4.42 Å². The summed E-state index contributed by atoms with van der Waals surface area (Å²) in [6, 6.07) is 4.65. The molecule has 1 aromatic rings. The Labute approximate surface area is 110 Å². The second-order valence-corrected chi connectivity index (χ2v) is 5.50. The Bertz CT molecular complexity index is 323. The van der Waals surface area contributed by atoms with Crippen LogP contribution in [0.4, 0.5) is 0 Å². The largest absolute Gasteiger partial charge is 0.469 e. The van der Waals surface area contributed by atoms with Gasteiger partial charge in [-0.05, 0) is 38.3 Å². The van der Waals surface area contributed by atoms with E-state index in [0.29, 0.717) is 6.04 Å². The molecule has 1 heterocycles. The molecule has 0 aliphatic heterocycles. The van der Waals surface area contributed by atoms with E-state index < -0.39 is 0 Å². The first-order valence-electron chi connectivity index (χ1n) is 7.22. The van der Waals surface area contributed by atoms with Crippen molar-refractivity contribution in [2.24, 2.45) is 0 Å². The molecule has 3 unspecified atom stereocenters. The molecule has 1 aliphatic carbocycles. The van der Waals surface area contributed by atoms with Crippen LogP contribution in [-0.4, -0.2) is 23.3 Å². The molecule has 0 saturated heterocycles. The fourth-order valence-corrected chi connectivity index (χ4v) is 2.74. The van der Waals surface area contributed by atoms with Gasteiger partial charge in [0, 0.05) is 18.5 Å². The highest BCUT2D eigenvalue weighted by Gasteiger charge is 2.22. The summed E-state index contributed by atoms with van der Waals surface area (Å²) in [5, 5.41) is 13.6. The zero-order chi connectivity index (χ0) is 12.8. The third-order valence-electron chi connectivity index (χ3n) is 3.88. The van der Waals surface area contributed by atoms with Crippen LogP contribution in [0.1, 0.15) is 51.2 Å². The predicted octanol–water partition coefficient (Wildman–Crippen LogP) is 2.88. The highest BCUT2D eigenvalue weighted by atomic mass is 16.3. The normalized spacial score (nSPS) is 26.8. The summed E-state index contributed by atoms with van der Waals surface area (Å²) in [5.41, 5.74) is 0. The van der Waals surface area contributed by atoms with Crippen molar-refractivity contribution in [3.8, 4) is 0 Å². The molecule has 1 saturated carbocycles. The maximum atomic E-state index is 10.1. The molecule has 3 heteroatoms. The molecule has 1 aromatic heterocycles. The summed E-state index contributed by atoms with van der Waals surface area (Å²) in [7, 11) is 0. The quantitative estimate of drug-likeness (QED) is 0.791. The molecular formula is C15H25NO2. The van der Waals surface area contributed by atoms with Crippen LogP contribution in [-0.2, 0) is 6.42 Å². The van der Waals surface area contributed by atoms with E-state index in [1.54, 1.807) is 6.26 Å². The van der Waals surface area contributed by atoms with Crippen molar-refractivity contribution in [2.75, 3.05) is 0 Å². The van der Waals surface area contributed by atoms with E-state index in [9.17, 15) is 5.11 Å². The molecule has 0 spiro atoms. The zero-order valence-corrected chi connectivity index (χ0v) is 11.3. The van der Waals surface area contributed by atoms with E-state index in [1.807, 2.05) is 12.1 Å². The molecule has 2 N–H and O–H groups in total. The van der Waals surface area contributed by atoms with Gasteiger partial charge in [-0.25, -0.2) is 0 Å². The lowest BCUT2D eigenvalue weighted by Gasteiger charge is -2.25. The molecule has 2 rings (SSSR count). The zero-order valence-electron chi connectivity index (χ0n) is 11.3. The highest BCUT2D eigenvalue weighted by molar-refractivity contribution is 4.98. The van der Waals surface area contributed by atoms with Crippen molar-refractivity contribution in [2.45, 2.75) is 70.1 Å². The minimum Gasteiger partial charge on any atom is -0.469 e. The number of furan rings is 1. The van der Waals surface area contributed by atoms with Crippen LogP contribution in [0.25, 0.3) is 0 Å². The third kappa shape index (κ3) is 4.14. The van der Waals surface area contributed by atoms with Gasteiger partial charge in [-0.2, -0.15) is 0 Å². The molecule has 3 atom stereocenters. The third-order valence-corrected chi connectivity index (χ3v) is 3.88. The second-order valence-electron chi connectivity index (χ2n) is 5.50. The van der Waals surface area contributed by atoms with Gasteiger partial charge in [0.05, 0.1) is 12.4 Å². The first-order valence-corrected chi connectivity index (χ1v) is 7.22. The monoisotopic (exact) mass is 251 g/mol. The van der Waals surface area contributed by atoms with Crippen LogP contribution in [0, 0.1) is 0 Å². The maximum Gasteiger partial charge on any atom is 0.103 e. The van der Waals surface area contributed by atoms with Crippen LogP contribution in [0.15, 0.2) is 22.8 Å². The number of aliphatic hydroxyl groups excluding tert-OH is 1. The molecule has 3 nitrogen and oxygen atoms in total. The number of aryl methyl sites for hydroxylation is 1. The molecule has 0 radical (unpaired) electrons. The first kappa shape index (κ1) is 13.6. The summed E-state index contributed by atoms with van der Waals surface area (Å²) in [5.74, 6) is 1.05. The molecular weight excluding hydrogens is 226 g/mol. The number of aliphatic hydroxyl groups is 1. The minimum atomic E-state index is -0.168. The Balaban J connectivity index is 1.73. The van der Waals surface area contributed by atoms with Crippen LogP contribution < -0.4 is 5.32 Å². The summed E-state index contributed by atoms with van der Waals surface area (Å²) < 4.78 is 5.34. The van der Waals surface area contributed by atoms with E-state index in [-0.39, 0.29) is 12.1 Å². The van der Waals surface area contributed by atoms with E-state index >= 15 is 0 Å². The molecule has 1 aliphatic rings. The lowest BCUT2D eigenvalue weighted by Crippen LogP contribution is -2.44. The standard InChI is InChI=1S/C15H25NO2/c1-12(9-10-13-6-5-11-18-13)16-14-7-3-2-4-8-15(14)17/h5-6,11-12,14-17H,2-4,7-10H2,1H3. The van der Waals surface area contributed by atoms with E-state index in [0.717, 1.165) is 31.4 Å². The van der Waals surface area contributed by atoms with Gasteiger partial charge in [-0.15, -0.1) is 0 Å².